The van der Waals surface area contributed by atoms with E-state index in [1.165, 1.54) is 17.5 Å². The number of ether oxygens (including phenoxy) is 1. The van der Waals surface area contributed by atoms with Crippen LogP contribution in [0.3, 0.4) is 0 Å². The van der Waals surface area contributed by atoms with Gasteiger partial charge in [0.05, 0.1) is 7.11 Å². The van der Waals surface area contributed by atoms with Crippen LogP contribution in [0, 0.1) is 5.92 Å². The van der Waals surface area contributed by atoms with Gasteiger partial charge < -0.3 is 10.1 Å². The maximum Gasteiger partial charge on any atom is 0.122 e. The zero-order valence-electron chi connectivity index (χ0n) is 15.5. The number of rotatable bonds is 7. The Hall–Kier alpha value is -1.91. The first-order valence-electron chi connectivity index (χ1n) is 9.14. The Bertz CT molecular complexity index is 661. The fourth-order valence-electron chi connectivity index (χ4n) is 3.94. The van der Waals surface area contributed by atoms with Crippen molar-refractivity contribution >= 4 is 0 Å². The maximum atomic E-state index is 5.47. The topological polar surface area (TPSA) is 37.4 Å². The predicted octanol–water partition coefficient (Wildman–Crippen LogP) is 3.30. The zero-order valence-corrected chi connectivity index (χ0v) is 15.5. The molecule has 4 nitrogen and oxygen atoms in total. The van der Waals surface area contributed by atoms with E-state index < -0.39 is 0 Å². The number of likely N-dealkylation sites (tertiary alicyclic amines) is 1. The van der Waals surface area contributed by atoms with Gasteiger partial charge in [-0.2, -0.15) is 0 Å². The minimum absolute atomic E-state index is 0.414. The first-order chi connectivity index (χ1) is 12.2. The summed E-state index contributed by atoms with van der Waals surface area (Å²) >= 11 is 0. The number of nitrogens with one attached hydrogen (secondary N) is 1. The minimum atomic E-state index is 0.414. The first kappa shape index (κ1) is 17.9. The lowest BCUT2D eigenvalue weighted by molar-refractivity contribution is 0.268. The highest BCUT2D eigenvalue weighted by Gasteiger charge is 2.32. The molecule has 0 bridgehead atoms. The summed E-state index contributed by atoms with van der Waals surface area (Å²) in [5, 5.41) is 3.74. The van der Waals surface area contributed by atoms with Crippen molar-refractivity contribution in [3.63, 3.8) is 0 Å². The second kappa shape index (κ2) is 8.45. The van der Waals surface area contributed by atoms with E-state index in [2.05, 4.69) is 47.4 Å². The van der Waals surface area contributed by atoms with Gasteiger partial charge in [-0.05, 0) is 62.5 Å². The molecule has 0 radical (unpaired) electrons. The Balaban J connectivity index is 1.58. The van der Waals surface area contributed by atoms with Crippen molar-refractivity contribution in [1.29, 1.82) is 0 Å². The molecule has 1 N–H and O–H groups in total. The van der Waals surface area contributed by atoms with Crippen LogP contribution in [0.5, 0.6) is 5.75 Å². The molecule has 0 aliphatic carbocycles. The molecule has 1 aliphatic heterocycles. The number of para-hydroxylation sites is 1. The highest BCUT2D eigenvalue weighted by atomic mass is 16.5. The lowest BCUT2D eigenvalue weighted by Gasteiger charge is -2.26. The summed E-state index contributed by atoms with van der Waals surface area (Å²) < 4.78 is 5.47. The lowest BCUT2D eigenvalue weighted by atomic mass is 9.94. The highest BCUT2D eigenvalue weighted by molar-refractivity contribution is 5.33. The van der Waals surface area contributed by atoms with E-state index in [4.69, 9.17) is 4.74 Å². The summed E-state index contributed by atoms with van der Waals surface area (Å²) in [4.78, 5) is 6.76. The molecule has 1 saturated heterocycles. The van der Waals surface area contributed by atoms with E-state index in [1.54, 1.807) is 7.11 Å². The molecule has 0 amide bonds. The van der Waals surface area contributed by atoms with Crippen molar-refractivity contribution in [2.75, 3.05) is 27.2 Å². The van der Waals surface area contributed by atoms with Gasteiger partial charge in [-0.25, -0.2) is 0 Å². The summed E-state index contributed by atoms with van der Waals surface area (Å²) in [7, 11) is 3.96. The van der Waals surface area contributed by atoms with Crippen molar-refractivity contribution in [2.45, 2.75) is 31.8 Å². The van der Waals surface area contributed by atoms with E-state index >= 15 is 0 Å². The molecule has 0 unspecified atom stereocenters. The van der Waals surface area contributed by atoms with Gasteiger partial charge in [-0.15, -0.1) is 0 Å². The number of hydrogen-bond acceptors (Lipinski definition) is 4. The smallest absolute Gasteiger partial charge is 0.122 e. The Labute approximate surface area is 151 Å². The monoisotopic (exact) mass is 339 g/mol. The Morgan fingerprint density at radius 2 is 2.12 bits per heavy atom. The number of nitrogens with zero attached hydrogens (tertiary/aromatic N) is 2. The van der Waals surface area contributed by atoms with Crippen LogP contribution in [0.25, 0.3) is 0 Å². The van der Waals surface area contributed by atoms with Crippen LogP contribution in [0.2, 0.25) is 0 Å². The number of pyridine rings is 1. The maximum absolute atomic E-state index is 5.47. The molecular formula is C21H29N3O. The van der Waals surface area contributed by atoms with E-state index in [0.717, 1.165) is 25.3 Å². The molecule has 3 rings (SSSR count). The summed E-state index contributed by atoms with van der Waals surface area (Å²) in [6.45, 7) is 4.43. The van der Waals surface area contributed by atoms with Gasteiger partial charge in [-0.3, -0.25) is 9.88 Å². The molecule has 0 spiro atoms. The lowest BCUT2D eigenvalue weighted by Crippen LogP contribution is -2.35. The van der Waals surface area contributed by atoms with Crippen molar-refractivity contribution in [2.24, 2.45) is 5.92 Å². The Kier molecular flexibility index (Phi) is 6.05. The van der Waals surface area contributed by atoms with Crippen LogP contribution < -0.4 is 10.1 Å². The third-order valence-electron chi connectivity index (χ3n) is 5.25. The highest BCUT2D eigenvalue weighted by Crippen LogP contribution is 2.35. The summed E-state index contributed by atoms with van der Waals surface area (Å²) in [6.07, 6.45) is 6.06. The summed E-state index contributed by atoms with van der Waals surface area (Å²) in [6, 6.07) is 13.4. The van der Waals surface area contributed by atoms with Gasteiger partial charge in [0.25, 0.3) is 0 Å². The largest absolute Gasteiger partial charge is 0.496 e. The number of benzene rings is 1. The molecular weight excluding hydrogens is 310 g/mol. The standard InChI is InChI=1S/C21H29N3O/c1-16(13-17-7-4-5-9-20(17)25-3)23-15-19-10-12-24(2)21(19)18-8-6-11-22-14-18/h4-9,11,14,16,19,21,23H,10,12-13,15H2,1-3H3/t16-,19+,21+/m1/s1. The van der Waals surface area contributed by atoms with E-state index in [1.807, 2.05) is 30.6 Å². The van der Waals surface area contributed by atoms with Crippen LogP contribution in [-0.4, -0.2) is 43.2 Å². The SMILES string of the molecule is COc1ccccc1C[C@@H](C)NC[C@@H]1CCN(C)[C@H]1c1cccnc1. The molecule has 3 atom stereocenters. The first-order valence-corrected chi connectivity index (χ1v) is 9.14. The predicted molar refractivity (Wildman–Crippen MR) is 102 cm³/mol. The van der Waals surface area contributed by atoms with Gasteiger partial charge >= 0.3 is 0 Å². The van der Waals surface area contributed by atoms with Gasteiger partial charge in [-0.1, -0.05) is 24.3 Å². The van der Waals surface area contributed by atoms with Crippen molar-refractivity contribution in [1.82, 2.24) is 15.2 Å². The van der Waals surface area contributed by atoms with Crippen LogP contribution in [0.15, 0.2) is 48.8 Å². The van der Waals surface area contributed by atoms with Crippen LogP contribution in [-0.2, 0) is 6.42 Å². The second-order valence-corrected chi connectivity index (χ2v) is 7.09. The van der Waals surface area contributed by atoms with E-state index in [9.17, 15) is 0 Å². The molecule has 0 saturated carbocycles. The van der Waals surface area contributed by atoms with Gasteiger partial charge in [0, 0.05) is 31.0 Å². The number of hydrogen-bond donors (Lipinski definition) is 1. The normalized spacial score (nSPS) is 22.0. The summed E-state index contributed by atoms with van der Waals surface area (Å²) in [5.74, 6) is 1.60. The molecule has 1 fully saturated rings. The van der Waals surface area contributed by atoms with Crippen molar-refractivity contribution < 1.29 is 4.74 Å². The number of aromatic nitrogens is 1. The average molecular weight is 339 g/mol. The third kappa shape index (κ3) is 4.39. The quantitative estimate of drug-likeness (QED) is 0.840. The zero-order chi connectivity index (χ0) is 17.6. The molecule has 1 aromatic carbocycles. The molecule has 2 aromatic rings. The molecule has 1 aromatic heterocycles. The molecule has 2 heterocycles. The third-order valence-corrected chi connectivity index (χ3v) is 5.25. The van der Waals surface area contributed by atoms with Gasteiger partial charge in [0.15, 0.2) is 0 Å². The minimum Gasteiger partial charge on any atom is -0.496 e. The van der Waals surface area contributed by atoms with Gasteiger partial charge in [0.2, 0.25) is 0 Å². The Morgan fingerprint density at radius 3 is 2.88 bits per heavy atom. The van der Waals surface area contributed by atoms with Crippen LogP contribution >= 0.6 is 0 Å². The van der Waals surface area contributed by atoms with Crippen molar-refractivity contribution in [3.05, 3.63) is 59.9 Å². The fourth-order valence-corrected chi connectivity index (χ4v) is 3.94. The van der Waals surface area contributed by atoms with Crippen LogP contribution in [0.4, 0.5) is 0 Å². The van der Waals surface area contributed by atoms with Crippen molar-refractivity contribution in [3.8, 4) is 5.75 Å². The van der Waals surface area contributed by atoms with Crippen LogP contribution in [0.1, 0.15) is 30.5 Å². The van der Waals surface area contributed by atoms with E-state index in [-0.39, 0.29) is 0 Å². The fraction of sp³-hybridized carbons (Fsp3) is 0.476. The average Bonchev–Trinajstić information content (AvgIpc) is 3.02. The molecule has 134 valence electrons. The number of methoxy groups -OCH3 is 1. The van der Waals surface area contributed by atoms with Gasteiger partial charge in [0.1, 0.15) is 5.75 Å². The van der Waals surface area contributed by atoms with E-state index in [0.29, 0.717) is 18.0 Å². The molecule has 25 heavy (non-hydrogen) atoms. The molecule has 1 aliphatic rings. The Morgan fingerprint density at radius 1 is 1.28 bits per heavy atom. The molecule has 4 heteroatoms. The second-order valence-electron chi connectivity index (χ2n) is 7.09. The summed E-state index contributed by atoms with van der Waals surface area (Å²) in [5.41, 5.74) is 2.59.